The number of carbonyl (C=O) groups is 1. The van der Waals surface area contributed by atoms with E-state index in [1.165, 1.54) is 0 Å². The Hall–Kier alpha value is -2.23. The highest BCUT2D eigenvalue weighted by Gasteiger charge is 2.20. The number of aromatic hydroxyl groups is 1. The predicted molar refractivity (Wildman–Crippen MR) is 83.2 cm³/mol. The van der Waals surface area contributed by atoms with Crippen molar-refractivity contribution in [3.8, 4) is 11.5 Å². The van der Waals surface area contributed by atoms with Crippen LogP contribution in [0.15, 0.2) is 30.4 Å². The van der Waals surface area contributed by atoms with Gasteiger partial charge in [0.25, 0.3) is 0 Å². The lowest BCUT2D eigenvalue weighted by atomic mass is 10.0. The van der Waals surface area contributed by atoms with Crippen molar-refractivity contribution in [3.63, 3.8) is 0 Å². The minimum absolute atomic E-state index is 0.0812. The molecule has 1 aromatic carbocycles. The van der Waals surface area contributed by atoms with Crippen LogP contribution in [-0.4, -0.2) is 22.3 Å². The monoisotopic (exact) mass is 290 g/mol. The molecule has 0 heterocycles. The van der Waals surface area contributed by atoms with Crippen LogP contribution >= 0.6 is 0 Å². The van der Waals surface area contributed by atoms with Gasteiger partial charge in [-0.15, -0.1) is 6.58 Å². The largest absolute Gasteiger partial charge is 0.507 e. The molecule has 0 saturated heterocycles. The Labute approximate surface area is 125 Å². The summed E-state index contributed by atoms with van der Waals surface area (Å²) in [6.45, 7) is 10.9. The van der Waals surface area contributed by atoms with Gasteiger partial charge in [-0.1, -0.05) is 11.6 Å². The van der Waals surface area contributed by atoms with Gasteiger partial charge in [0.2, 0.25) is 0 Å². The summed E-state index contributed by atoms with van der Waals surface area (Å²) in [4.78, 5) is 11.2. The third-order valence-corrected chi connectivity index (χ3v) is 3.11. The highest BCUT2D eigenvalue weighted by atomic mass is 16.5. The first-order chi connectivity index (χ1) is 9.77. The Balaban J connectivity index is 3.22. The summed E-state index contributed by atoms with van der Waals surface area (Å²) < 4.78 is 5.89. The number of carboxylic acids is 1. The van der Waals surface area contributed by atoms with Gasteiger partial charge in [-0.25, -0.2) is 4.79 Å². The van der Waals surface area contributed by atoms with Crippen molar-refractivity contribution in [2.45, 2.75) is 40.2 Å². The number of aromatic carboxylic acids is 1. The van der Waals surface area contributed by atoms with E-state index in [2.05, 4.69) is 6.58 Å². The normalized spacial score (nSPS) is 11.6. The molecule has 21 heavy (non-hydrogen) atoms. The number of rotatable bonds is 6. The molecule has 0 radical (unpaired) electrons. The van der Waals surface area contributed by atoms with Crippen molar-refractivity contribution in [1.29, 1.82) is 0 Å². The molecule has 1 rings (SSSR count). The Bertz CT molecular complexity index is 581. The molecule has 0 aliphatic heterocycles. The van der Waals surface area contributed by atoms with E-state index in [4.69, 9.17) is 9.84 Å². The van der Waals surface area contributed by atoms with Gasteiger partial charge < -0.3 is 14.9 Å². The average molecular weight is 290 g/mol. The minimum Gasteiger partial charge on any atom is -0.507 e. The Kier molecular flexibility index (Phi) is 5.59. The second-order valence-corrected chi connectivity index (χ2v) is 5.27. The summed E-state index contributed by atoms with van der Waals surface area (Å²) >= 11 is 0. The quantitative estimate of drug-likeness (QED) is 0.777. The summed E-state index contributed by atoms with van der Waals surface area (Å²) in [6.07, 6.45) is 4.17. The number of aryl methyl sites for hydroxylation is 1. The zero-order chi connectivity index (χ0) is 16.2. The van der Waals surface area contributed by atoms with Crippen LogP contribution in [0.1, 0.15) is 41.8 Å². The first-order valence-electron chi connectivity index (χ1n) is 6.77. The van der Waals surface area contributed by atoms with Crippen LogP contribution in [0.3, 0.4) is 0 Å². The van der Waals surface area contributed by atoms with Crippen LogP contribution < -0.4 is 4.74 Å². The summed E-state index contributed by atoms with van der Waals surface area (Å²) in [5, 5.41) is 19.2. The van der Waals surface area contributed by atoms with Crippen molar-refractivity contribution in [3.05, 3.63) is 47.1 Å². The summed E-state index contributed by atoms with van der Waals surface area (Å²) in [5.74, 6) is -0.905. The van der Waals surface area contributed by atoms with Gasteiger partial charge in [0.05, 0.1) is 0 Å². The van der Waals surface area contributed by atoms with E-state index >= 15 is 0 Å². The standard InChI is InChI=1S/C17H22O4/c1-6-7-13(8-10(2)3)21-14-9-11(4)15(17(19)20)16(18)12(14)5/h6,8-9,13,18H,1,7H2,2-5H3,(H,19,20). The smallest absolute Gasteiger partial charge is 0.339 e. The molecule has 1 atom stereocenters. The molecule has 0 saturated carbocycles. The van der Waals surface area contributed by atoms with Gasteiger partial charge >= 0.3 is 5.97 Å². The van der Waals surface area contributed by atoms with E-state index in [0.29, 0.717) is 23.3 Å². The van der Waals surface area contributed by atoms with Gasteiger partial charge in [-0.05, 0) is 45.4 Å². The third kappa shape index (κ3) is 4.12. The van der Waals surface area contributed by atoms with E-state index in [1.54, 1.807) is 26.0 Å². The topological polar surface area (TPSA) is 66.8 Å². The molecule has 2 N–H and O–H groups in total. The first kappa shape index (κ1) is 16.8. The van der Waals surface area contributed by atoms with Crippen LogP contribution in [0.4, 0.5) is 0 Å². The van der Waals surface area contributed by atoms with Crippen LogP contribution in [0.5, 0.6) is 11.5 Å². The number of ether oxygens (including phenoxy) is 1. The van der Waals surface area contributed by atoms with Crippen molar-refractivity contribution < 1.29 is 19.7 Å². The summed E-state index contributed by atoms with van der Waals surface area (Å²) in [5.41, 5.74) is 1.93. The Morgan fingerprint density at radius 2 is 2.05 bits per heavy atom. The number of hydrogen-bond acceptors (Lipinski definition) is 3. The average Bonchev–Trinajstić information content (AvgIpc) is 2.34. The Morgan fingerprint density at radius 1 is 1.43 bits per heavy atom. The van der Waals surface area contributed by atoms with Gasteiger partial charge in [-0.2, -0.15) is 0 Å². The summed E-state index contributed by atoms with van der Waals surface area (Å²) in [6, 6.07) is 1.65. The molecule has 4 nitrogen and oxygen atoms in total. The predicted octanol–water partition coefficient (Wildman–Crippen LogP) is 4.00. The lowest BCUT2D eigenvalue weighted by Gasteiger charge is -2.19. The highest BCUT2D eigenvalue weighted by Crippen LogP contribution is 2.34. The van der Waals surface area contributed by atoms with Crippen LogP contribution in [0.2, 0.25) is 0 Å². The fourth-order valence-corrected chi connectivity index (χ4v) is 2.11. The van der Waals surface area contributed by atoms with E-state index in [-0.39, 0.29) is 17.4 Å². The molecule has 1 aromatic rings. The van der Waals surface area contributed by atoms with Gasteiger partial charge in [0.15, 0.2) is 0 Å². The fraction of sp³-hybridized carbons (Fsp3) is 0.353. The number of phenols is 1. The molecule has 0 fully saturated rings. The van der Waals surface area contributed by atoms with Crippen molar-refractivity contribution >= 4 is 5.97 Å². The zero-order valence-electron chi connectivity index (χ0n) is 12.9. The maximum atomic E-state index is 11.2. The van der Waals surface area contributed by atoms with Crippen LogP contribution in [0.25, 0.3) is 0 Å². The van der Waals surface area contributed by atoms with Crippen molar-refractivity contribution in [2.24, 2.45) is 0 Å². The molecule has 1 unspecified atom stereocenters. The SMILES string of the molecule is C=CCC(C=C(C)C)Oc1cc(C)c(C(=O)O)c(O)c1C. The number of benzene rings is 1. The molecule has 0 aliphatic carbocycles. The lowest BCUT2D eigenvalue weighted by molar-refractivity contribution is 0.0692. The first-order valence-corrected chi connectivity index (χ1v) is 6.77. The van der Waals surface area contributed by atoms with E-state index in [9.17, 15) is 9.90 Å². The summed E-state index contributed by atoms with van der Waals surface area (Å²) in [7, 11) is 0. The maximum Gasteiger partial charge on any atom is 0.339 e. The van der Waals surface area contributed by atoms with E-state index in [1.807, 2.05) is 19.9 Å². The molecular formula is C17H22O4. The molecule has 0 aromatic heterocycles. The second-order valence-electron chi connectivity index (χ2n) is 5.27. The second kappa shape index (κ2) is 6.97. The minimum atomic E-state index is -1.15. The third-order valence-electron chi connectivity index (χ3n) is 3.11. The van der Waals surface area contributed by atoms with E-state index in [0.717, 1.165) is 5.57 Å². The van der Waals surface area contributed by atoms with Crippen LogP contribution in [-0.2, 0) is 0 Å². The zero-order valence-corrected chi connectivity index (χ0v) is 12.9. The van der Waals surface area contributed by atoms with Crippen molar-refractivity contribution in [1.82, 2.24) is 0 Å². The maximum absolute atomic E-state index is 11.2. The van der Waals surface area contributed by atoms with Gasteiger partial charge in [-0.3, -0.25) is 0 Å². The van der Waals surface area contributed by atoms with Crippen LogP contribution in [0, 0.1) is 13.8 Å². The Morgan fingerprint density at radius 3 is 2.52 bits per heavy atom. The van der Waals surface area contributed by atoms with Crippen molar-refractivity contribution in [2.75, 3.05) is 0 Å². The molecular weight excluding hydrogens is 268 g/mol. The number of allylic oxidation sites excluding steroid dienone is 1. The molecule has 114 valence electrons. The molecule has 0 spiro atoms. The molecule has 4 heteroatoms. The van der Waals surface area contributed by atoms with E-state index < -0.39 is 5.97 Å². The molecule has 0 bridgehead atoms. The molecule has 0 amide bonds. The number of carboxylic acid groups (broad SMARTS) is 1. The molecule has 0 aliphatic rings. The highest BCUT2D eigenvalue weighted by molar-refractivity contribution is 5.93. The fourth-order valence-electron chi connectivity index (χ4n) is 2.11. The lowest BCUT2D eigenvalue weighted by Crippen LogP contribution is -2.14. The number of hydrogen-bond donors (Lipinski definition) is 2. The van der Waals surface area contributed by atoms with Gasteiger partial charge in [0.1, 0.15) is 23.2 Å². The van der Waals surface area contributed by atoms with Gasteiger partial charge in [0, 0.05) is 12.0 Å².